The molecule has 1 aromatic carbocycles. The highest BCUT2D eigenvalue weighted by molar-refractivity contribution is 5.86. The third kappa shape index (κ3) is 3.34. The Balaban J connectivity index is 1.58. The monoisotopic (exact) mass is 356 g/mol. The van der Waals surface area contributed by atoms with Crippen LogP contribution in [0.5, 0.6) is 0 Å². The van der Waals surface area contributed by atoms with Crippen molar-refractivity contribution in [3.05, 3.63) is 65.7 Å². The molecule has 0 saturated carbocycles. The molecule has 4 rings (SSSR count). The smallest absolute Gasteiger partial charge is 0.236 e. The van der Waals surface area contributed by atoms with Gasteiger partial charge in [0.05, 0.1) is 18.9 Å². The number of pyridine rings is 1. The Morgan fingerprint density at radius 1 is 1.08 bits per heavy atom. The number of piperidine rings is 1. The molecule has 3 heterocycles. The Bertz CT molecular complexity index is 750. The van der Waals surface area contributed by atoms with E-state index in [1.807, 2.05) is 23.1 Å². The summed E-state index contributed by atoms with van der Waals surface area (Å²) in [5, 5.41) is 0. The van der Waals surface area contributed by atoms with Gasteiger partial charge in [-0.2, -0.15) is 0 Å². The van der Waals surface area contributed by atoms with Crippen LogP contribution in [0.15, 0.2) is 48.7 Å². The minimum absolute atomic E-state index is 0.0249. The molecule has 6 heteroatoms. The third-order valence-corrected chi connectivity index (χ3v) is 5.08. The highest BCUT2D eigenvalue weighted by Gasteiger charge is 2.42. The second-order valence-corrected chi connectivity index (χ2v) is 6.67. The van der Waals surface area contributed by atoms with Crippen molar-refractivity contribution in [1.29, 1.82) is 0 Å². The molecule has 5 nitrogen and oxygen atoms in total. The third-order valence-electron chi connectivity index (χ3n) is 5.08. The summed E-state index contributed by atoms with van der Waals surface area (Å²) in [5.41, 5.74) is 1.40. The lowest BCUT2D eigenvalue weighted by Crippen LogP contribution is -2.48. The predicted molar refractivity (Wildman–Crippen MR) is 92.9 cm³/mol. The van der Waals surface area contributed by atoms with Crippen molar-refractivity contribution in [1.82, 2.24) is 9.88 Å². The normalized spacial score (nSPS) is 20.3. The van der Waals surface area contributed by atoms with E-state index in [1.54, 1.807) is 18.3 Å². The molecule has 2 aliphatic rings. The van der Waals surface area contributed by atoms with Gasteiger partial charge in [0.15, 0.2) is 5.79 Å². The van der Waals surface area contributed by atoms with Gasteiger partial charge < -0.3 is 14.4 Å². The first-order chi connectivity index (χ1) is 12.7. The summed E-state index contributed by atoms with van der Waals surface area (Å²) < 4.78 is 24.8. The molecule has 0 aliphatic carbocycles. The molecule has 136 valence electrons. The molecule has 0 radical (unpaired) electrons. The number of carbonyl (C=O) groups excluding carboxylic acids is 1. The highest BCUT2D eigenvalue weighted by atomic mass is 19.1. The van der Waals surface area contributed by atoms with Gasteiger partial charge in [-0.25, -0.2) is 4.39 Å². The van der Waals surface area contributed by atoms with Crippen LogP contribution >= 0.6 is 0 Å². The summed E-state index contributed by atoms with van der Waals surface area (Å²) in [7, 11) is 0. The van der Waals surface area contributed by atoms with Crippen LogP contribution < -0.4 is 0 Å². The van der Waals surface area contributed by atoms with Crippen molar-refractivity contribution in [3.63, 3.8) is 0 Å². The van der Waals surface area contributed by atoms with E-state index in [1.165, 1.54) is 12.1 Å². The van der Waals surface area contributed by atoms with Crippen LogP contribution in [0.4, 0.5) is 4.39 Å². The maximum absolute atomic E-state index is 13.3. The summed E-state index contributed by atoms with van der Waals surface area (Å²) >= 11 is 0. The van der Waals surface area contributed by atoms with E-state index in [9.17, 15) is 9.18 Å². The minimum atomic E-state index is -0.545. The fraction of sp³-hybridized carbons (Fsp3) is 0.400. The van der Waals surface area contributed by atoms with Gasteiger partial charge in [-0.3, -0.25) is 9.78 Å². The van der Waals surface area contributed by atoms with Crippen molar-refractivity contribution in [2.24, 2.45) is 0 Å². The number of aromatic nitrogens is 1. The van der Waals surface area contributed by atoms with Crippen LogP contribution in [-0.2, 0) is 14.3 Å². The van der Waals surface area contributed by atoms with Crippen molar-refractivity contribution >= 4 is 5.91 Å². The number of carbonyl (C=O) groups is 1. The Labute approximate surface area is 151 Å². The van der Waals surface area contributed by atoms with Crippen LogP contribution in [0.3, 0.4) is 0 Å². The van der Waals surface area contributed by atoms with E-state index < -0.39 is 11.7 Å². The van der Waals surface area contributed by atoms with Crippen molar-refractivity contribution in [3.8, 4) is 0 Å². The minimum Gasteiger partial charge on any atom is -0.347 e. The van der Waals surface area contributed by atoms with Crippen molar-refractivity contribution in [2.45, 2.75) is 24.5 Å². The van der Waals surface area contributed by atoms with E-state index in [4.69, 9.17) is 9.47 Å². The first kappa shape index (κ1) is 17.1. The summed E-state index contributed by atoms with van der Waals surface area (Å²) in [4.78, 5) is 19.5. The Hall–Kier alpha value is -2.31. The van der Waals surface area contributed by atoms with Gasteiger partial charge in [0.1, 0.15) is 11.7 Å². The zero-order valence-electron chi connectivity index (χ0n) is 14.4. The first-order valence-corrected chi connectivity index (χ1v) is 8.90. The molecule has 2 fully saturated rings. The van der Waals surface area contributed by atoms with Gasteiger partial charge in [-0.1, -0.05) is 18.2 Å². The number of ether oxygens (including phenoxy) is 2. The second kappa shape index (κ2) is 7.13. The van der Waals surface area contributed by atoms with E-state index in [0.717, 1.165) is 5.56 Å². The Morgan fingerprint density at radius 3 is 2.38 bits per heavy atom. The van der Waals surface area contributed by atoms with E-state index >= 15 is 0 Å². The maximum Gasteiger partial charge on any atom is 0.236 e. The summed E-state index contributed by atoms with van der Waals surface area (Å²) in [6, 6.07) is 11.6. The molecule has 2 aromatic rings. The molecule has 26 heavy (non-hydrogen) atoms. The maximum atomic E-state index is 13.3. The molecule has 1 atom stereocenters. The van der Waals surface area contributed by atoms with Crippen LogP contribution in [0, 0.1) is 5.82 Å². The first-order valence-electron chi connectivity index (χ1n) is 8.90. The van der Waals surface area contributed by atoms with Gasteiger partial charge in [0, 0.05) is 32.1 Å². The molecule has 1 unspecified atom stereocenters. The van der Waals surface area contributed by atoms with Crippen LogP contribution in [0.1, 0.15) is 30.0 Å². The number of nitrogens with zero attached hydrogens (tertiary/aromatic N) is 2. The van der Waals surface area contributed by atoms with E-state index in [-0.39, 0.29) is 11.7 Å². The summed E-state index contributed by atoms with van der Waals surface area (Å²) in [6.45, 7) is 2.37. The number of hydrogen-bond acceptors (Lipinski definition) is 4. The van der Waals surface area contributed by atoms with Crippen LogP contribution in [0.25, 0.3) is 0 Å². The van der Waals surface area contributed by atoms with Crippen LogP contribution in [-0.4, -0.2) is 47.9 Å². The lowest BCUT2D eigenvalue weighted by Gasteiger charge is -2.38. The second-order valence-electron chi connectivity index (χ2n) is 6.67. The van der Waals surface area contributed by atoms with E-state index in [0.29, 0.717) is 44.8 Å². The quantitative estimate of drug-likeness (QED) is 0.849. The molecular formula is C20H21FN2O3. The van der Waals surface area contributed by atoms with E-state index in [2.05, 4.69) is 4.98 Å². The number of likely N-dealkylation sites (tertiary alicyclic amines) is 1. The summed E-state index contributed by atoms with van der Waals surface area (Å²) in [6.07, 6.45) is 3.00. The molecule has 2 saturated heterocycles. The van der Waals surface area contributed by atoms with Gasteiger partial charge in [0.25, 0.3) is 0 Å². The Kier molecular flexibility index (Phi) is 4.70. The Morgan fingerprint density at radius 2 is 1.77 bits per heavy atom. The molecule has 2 aliphatic heterocycles. The SMILES string of the molecule is O=C(C(c1ccc(F)cc1)c1ccccn1)N1CCC2(CC1)OCCO2. The zero-order valence-corrected chi connectivity index (χ0v) is 14.4. The van der Waals surface area contributed by atoms with Gasteiger partial charge in [0.2, 0.25) is 5.91 Å². The predicted octanol–water partition coefficient (Wildman–Crippen LogP) is 2.72. The number of rotatable bonds is 3. The molecule has 1 aromatic heterocycles. The average molecular weight is 356 g/mol. The van der Waals surface area contributed by atoms with Crippen molar-refractivity contribution < 1.29 is 18.7 Å². The summed E-state index contributed by atoms with van der Waals surface area (Å²) in [5.74, 6) is -1.41. The zero-order chi connectivity index (χ0) is 18.0. The standard InChI is InChI=1S/C20H21FN2O3/c21-16-6-4-15(5-7-16)18(17-3-1-2-10-22-17)19(24)23-11-8-20(9-12-23)25-13-14-26-20/h1-7,10,18H,8-9,11-14H2. The number of hydrogen-bond donors (Lipinski definition) is 0. The van der Waals surface area contributed by atoms with Gasteiger partial charge in [-0.05, 0) is 29.8 Å². The largest absolute Gasteiger partial charge is 0.347 e. The fourth-order valence-electron chi connectivity index (χ4n) is 3.68. The lowest BCUT2D eigenvalue weighted by atomic mass is 9.92. The average Bonchev–Trinajstić information content (AvgIpc) is 3.13. The highest BCUT2D eigenvalue weighted by Crippen LogP contribution is 2.33. The van der Waals surface area contributed by atoms with Gasteiger partial charge >= 0.3 is 0 Å². The number of benzene rings is 1. The topological polar surface area (TPSA) is 51.7 Å². The van der Waals surface area contributed by atoms with Crippen molar-refractivity contribution in [2.75, 3.05) is 26.3 Å². The molecule has 1 spiro atoms. The van der Waals surface area contributed by atoms with Gasteiger partial charge in [-0.15, -0.1) is 0 Å². The lowest BCUT2D eigenvalue weighted by molar-refractivity contribution is -0.187. The van der Waals surface area contributed by atoms with Crippen LogP contribution in [0.2, 0.25) is 0 Å². The molecule has 0 N–H and O–H groups in total. The number of halogens is 1. The number of amides is 1. The molecule has 1 amide bonds. The molecular weight excluding hydrogens is 335 g/mol. The fourth-order valence-corrected chi connectivity index (χ4v) is 3.68. The molecule has 0 bridgehead atoms.